The van der Waals surface area contributed by atoms with Crippen molar-refractivity contribution in [3.63, 3.8) is 0 Å². The van der Waals surface area contributed by atoms with E-state index in [9.17, 15) is 19.6 Å². The van der Waals surface area contributed by atoms with E-state index in [2.05, 4.69) is 0 Å². The molecule has 0 radical (unpaired) electrons. The molecule has 1 aliphatic rings. The van der Waals surface area contributed by atoms with E-state index in [4.69, 9.17) is 0 Å². The molecule has 0 spiro atoms. The molecule has 1 N–H and O–H groups in total. The second-order valence-corrected chi connectivity index (χ2v) is 4.18. The zero-order chi connectivity index (χ0) is 14.2. The molecule has 100 valence electrons. The van der Waals surface area contributed by atoms with E-state index in [1.807, 2.05) is 0 Å². The SMILES string of the molecule is CC(=O)N1C(=O)C(c2ccccc2)[NH+]([O-])N1C(C)=O. The molecule has 1 aromatic carbocycles. The fourth-order valence-electron chi connectivity index (χ4n) is 2.07. The van der Waals surface area contributed by atoms with Crippen LogP contribution < -0.4 is 5.17 Å². The molecule has 2 atom stereocenters. The number of nitrogens with zero attached hydrogens (tertiary/aromatic N) is 2. The van der Waals surface area contributed by atoms with Crippen molar-refractivity contribution in [2.45, 2.75) is 19.9 Å². The van der Waals surface area contributed by atoms with Crippen LogP contribution in [0.5, 0.6) is 0 Å². The lowest BCUT2D eigenvalue weighted by atomic mass is 10.1. The first kappa shape index (κ1) is 13.2. The average molecular weight is 263 g/mol. The molecule has 1 aromatic rings. The molecule has 7 heteroatoms. The largest absolute Gasteiger partial charge is 0.605 e. The Hall–Kier alpha value is -2.25. The van der Waals surface area contributed by atoms with Gasteiger partial charge in [0, 0.05) is 19.4 Å². The molecule has 0 aliphatic carbocycles. The summed E-state index contributed by atoms with van der Waals surface area (Å²) in [6.07, 6.45) is 0. The minimum absolute atomic E-state index is 0.465. The summed E-state index contributed by atoms with van der Waals surface area (Å²) < 4.78 is 0. The first-order valence-electron chi connectivity index (χ1n) is 5.69. The number of quaternary nitrogens is 1. The van der Waals surface area contributed by atoms with E-state index in [0.29, 0.717) is 15.7 Å². The van der Waals surface area contributed by atoms with Gasteiger partial charge in [-0.25, -0.2) is 5.17 Å². The normalized spacial score (nSPS) is 22.8. The molecule has 1 heterocycles. The summed E-state index contributed by atoms with van der Waals surface area (Å²) in [4.78, 5) is 35.1. The van der Waals surface area contributed by atoms with Gasteiger partial charge in [-0.05, 0) is 0 Å². The van der Waals surface area contributed by atoms with Crippen LogP contribution in [0.25, 0.3) is 0 Å². The number of imide groups is 1. The highest BCUT2D eigenvalue weighted by molar-refractivity contribution is 5.99. The summed E-state index contributed by atoms with van der Waals surface area (Å²) in [5, 5.41) is 12.7. The molecule has 1 aliphatic heterocycles. The Labute approximate surface area is 109 Å². The maximum Gasteiger partial charge on any atom is 0.318 e. The number of benzene rings is 1. The standard InChI is InChI=1S/C12H13N3O4/c1-8(16)13-12(18)11(10-6-4-3-5-7-10)15(19)14(13)9(2)17/h3-7,11,15H,1-2H3. The van der Waals surface area contributed by atoms with Gasteiger partial charge in [-0.1, -0.05) is 35.4 Å². The molecule has 0 saturated carbocycles. The fourth-order valence-corrected chi connectivity index (χ4v) is 2.07. The lowest BCUT2D eigenvalue weighted by molar-refractivity contribution is -0.979. The van der Waals surface area contributed by atoms with Crippen molar-refractivity contribution in [2.24, 2.45) is 0 Å². The van der Waals surface area contributed by atoms with E-state index in [0.717, 1.165) is 13.8 Å². The Morgan fingerprint density at radius 2 is 1.74 bits per heavy atom. The fraction of sp³-hybridized carbons (Fsp3) is 0.250. The van der Waals surface area contributed by atoms with Crippen LogP contribution in [0.1, 0.15) is 25.5 Å². The smallest absolute Gasteiger partial charge is 0.318 e. The molecular formula is C12H13N3O4. The van der Waals surface area contributed by atoms with Crippen molar-refractivity contribution in [3.05, 3.63) is 41.1 Å². The maximum atomic E-state index is 12.2. The van der Waals surface area contributed by atoms with Gasteiger partial charge in [-0.2, -0.15) is 0 Å². The first-order valence-corrected chi connectivity index (χ1v) is 5.69. The van der Waals surface area contributed by atoms with Crippen molar-refractivity contribution >= 4 is 17.7 Å². The molecule has 2 unspecified atom stereocenters. The van der Waals surface area contributed by atoms with Crippen LogP contribution in [-0.2, 0) is 14.4 Å². The lowest BCUT2D eigenvalue weighted by Crippen LogP contribution is -3.13. The maximum absolute atomic E-state index is 12.2. The van der Waals surface area contributed by atoms with Crippen LogP contribution in [0.15, 0.2) is 30.3 Å². The Bertz CT molecular complexity index is 531. The highest BCUT2D eigenvalue weighted by atomic mass is 16.6. The zero-order valence-corrected chi connectivity index (χ0v) is 10.5. The third kappa shape index (κ3) is 2.09. The average Bonchev–Trinajstić information content (AvgIpc) is 2.62. The second kappa shape index (κ2) is 4.79. The van der Waals surface area contributed by atoms with Crippen molar-refractivity contribution in [1.82, 2.24) is 10.1 Å². The molecule has 1 fully saturated rings. The first-order chi connectivity index (χ1) is 8.95. The molecule has 2 rings (SSSR count). The number of hydrogen-bond donors (Lipinski definition) is 1. The van der Waals surface area contributed by atoms with E-state index in [1.54, 1.807) is 30.3 Å². The second-order valence-electron chi connectivity index (χ2n) is 4.18. The van der Waals surface area contributed by atoms with E-state index >= 15 is 0 Å². The predicted molar refractivity (Wildman–Crippen MR) is 63.6 cm³/mol. The molecule has 7 nitrogen and oxygen atoms in total. The van der Waals surface area contributed by atoms with Gasteiger partial charge < -0.3 is 5.21 Å². The summed E-state index contributed by atoms with van der Waals surface area (Å²) in [5.41, 5.74) is 0.465. The minimum Gasteiger partial charge on any atom is -0.605 e. The number of amides is 3. The molecule has 3 amide bonds. The number of hydrazine groups is 1. The summed E-state index contributed by atoms with van der Waals surface area (Å²) in [7, 11) is 0. The molecule has 1 saturated heterocycles. The van der Waals surface area contributed by atoms with Gasteiger partial charge >= 0.3 is 5.91 Å². The monoisotopic (exact) mass is 263 g/mol. The summed E-state index contributed by atoms with van der Waals surface area (Å²) in [6.45, 7) is 2.27. The van der Waals surface area contributed by atoms with Gasteiger partial charge in [0.05, 0.1) is 0 Å². The number of rotatable bonds is 1. The zero-order valence-electron chi connectivity index (χ0n) is 10.5. The summed E-state index contributed by atoms with van der Waals surface area (Å²) in [6, 6.07) is 7.22. The van der Waals surface area contributed by atoms with E-state index < -0.39 is 28.9 Å². The van der Waals surface area contributed by atoms with Crippen LogP contribution in [0.4, 0.5) is 0 Å². The minimum atomic E-state index is -1.13. The molecule has 19 heavy (non-hydrogen) atoms. The number of hydroxylamine groups is 1. The Kier molecular flexibility index (Phi) is 3.32. The van der Waals surface area contributed by atoms with Gasteiger partial charge in [-0.15, -0.1) is 5.01 Å². The quantitative estimate of drug-likeness (QED) is 0.671. The van der Waals surface area contributed by atoms with Crippen molar-refractivity contribution in [1.29, 1.82) is 0 Å². The van der Waals surface area contributed by atoms with Crippen LogP contribution in [-0.4, -0.2) is 27.8 Å². The number of nitrogens with one attached hydrogen (secondary N) is 1. The van der Waals surface area contributed by atoms with Crippen LogP contribution in [0, 0.1) is 5.21 Å². The van der Waals surface area contributed by atoms with Gasteiger partial charge in [0.1, 0.15) is 0 Å². The number of hydrogen-bond acceptors (Lipinski definition) is 4. The van der Waals surface area contributed by atoms with Gasteiger partial charge in [0.2, 0.25) is 11.9 Å². The van der Waals surface area contributed by atoms with Crippen LogP contribution in [0.3, 0.4) is 0 Å². The summed E-state index contributed by atoms with van der Waals surface area (Å²) in [5.74, 6) is -2.02. The number of carbonyl (C=O) groups excluding carboxylic acids is 3. The molecule has 0 aromatic heterocycles. The highest BCUT2D eigenvalue weighted by Gasteiger charge is 2.50. The van der Waals surface area contributed by atoms with Crippen molar-refractivity contribution < 1.29 is 19.6 Å². The van der Waals surface area contributed by atoms with E-state index in [-0.39, 0.29) is 0 Å². The third-order valence-corrected chi connectivity index (χ3v) is 2.84. The highest BCUT2D eigenvalue weighted by Crippen LogP contribution is 2.19. The topological polar surface area (TPSA) is 85.2 Å². The Morgan fingerprint density at radius 1 is 1.16 bits per heavy atom. The molecular weight excluding hydrogens is 250 g/mol. The summed E-state index contributed by atoms with van der Waals surface area (Å²) >= 11 is 0. The van der Waals surface area contributed by atoms with Gasteiger partial charge in [0.15, 0.2) is 0 Å². The van der Waals surface area contributed by atoms with Gasteiger partial charge in [-0.3, -0.25) is 14.4 Å². The predicted octanol–water partition coefficient (Wildman–Crippen LogP) is -0.822. The van der Waals surface area contributed by atoms with Crippen LogP contribution >= 0.6 is 0 Å². The van der Waals surface area contributed by atoms with Gasteiger partial charge in [0.25, 0.3) is 5.91 Å². The lowest BCUT2D eigenvalue weighted by Gasteiger charge is -2.29. The number of carbonyl (C=O) groups is 3. The Morgan fingerprint density at radius 3 is 2.16 bits per heavy atom. The Balaban J connectivity index is 2.45. The third-order valence-electron chi connectivity index (χ3n) is 2.84. The van der Waals surface area contributed by atoms with Crippen molar-refractivity contribution in [2.75, 3.05) is 0 Å². The van der Waals surface area contributed by atoms with Crippen molar-refractivity contribution in [3.8, 4) is 0 Å². The molecule has 0 bridgehead atoms. The van der Waals surface area contributed by atoms with E-state index in [1.165, 1.54) is 0 Å². The van der Waals surface area contributed by atoms with Crippen LogP contribution in [0.2, 0.25) is 0 Å².